The maximum atomic E-state index is 12.6. The first-order chi connectivity index (χ1) is 13.8. The highest BCUT2D eigenvalue weighted by molar-refractivity contribution is 7.09. The number of nitrogens with one attached hydrogen (secondary N) is 3. The Morgan fingerprint density at radius 2 is 2.03 bits per heavy atom. The highest BCUT2D eigenvalue weighted by atomic mass is 32.1. The Morgan fingerprint density at radius 3 is 2.69 bits per heavy atom. The van der Waals surface area contributed by atoms with Gasteiger partial charge in [-0.15, -0.1) is 11.3 Å². The van der Waals surface area contributed by atoms with E-state index in [1.165, 1.54) is 0 Å². The number of alkyl halides is 3. The Hall–Kier alpha value is -2.62. The van der Waals surface area contributed by atoms with Crippen molar-refractivity contribution in [2.24, 2.45) is 4.99 Å². The number of guanidine groups is 1. The molecule has 158 valence electrons. The summed E-state index contributed by atoms with van der Waals surface area (Å²) in [6.45, 7) is 4.76. The van der Waals surface area contributed by atoms with Crippen LogP contribution < -0.4 is 16.0 Å². The molecule has 0 radical (unpaired) electrons. The molecule has 1 heterocycles. The van der Waals surface area contributed by atoms with Crippen LogP contribution in [0.1, 0.15) is 30.1 Å². The fourth-order valence-electron chi connectivity index (χ4n) is 2.41. The molecule has 0 aliphatic rings. The molecule has 0 saturated heterocycles. The molecule has 3 N–H and O–H groups in total. The van der Waals surface area contributed by atoms with Crippen molar-refractivity contribution in [2.45, 2.75) is 32.9 Å². The summed E-state index contributed by atoms with van der Waals surface area (Å²) in [5, 5.41) is 10.2. The molecule has 1 aromatic heterocycles. The number of carbonyl (C=O) groups is 1. The number of hydrogen-bond donors (Lipinski definition) is 3. The van der Waals surface area contributed by atoms with Crippen molar-refractivity contribution in [1.82, 2.24) is 15.6 Å². The highest BCUT2D eigenvalue weighted by Gasteiger charge is 2.33. The monoisotopic (exact) mass is 427 g/mol. The summed E-state index contributed by atoms with van der Waals surface area (Å²) >= 11 is 0.968. The predicted octanol–water partition coefficient (Wildman–Crippen LogP) is 3.46. The third kappa shape index (κ3) is 7.72. The van der Waals surface area contributed by atoms with Gasteiger partial charge in [0.2, 0.25) is 5.91 Å². The van der Waals surface area contributed by atoms with Gasteiger partial charge in [-0.25, -0.2) is 9.98 Å². The van der Waals surface area contributed by atoms with Crippen LogP contribution in [0.2, 0.25) is 0 Å². The molecule has 0 atom stereocenters. The maximum absolute atomic E-state index is 12.6. The molecule has 10 heteroatoms. The zero-order chi connectivity index (χ0) is 21.3. The Morgan fingerprint density at radius 1 is 1.24 bits per heavy atom. The summed E-state index contributed by atoms with van der Waals surface area (Å²) in [5.74, 6) is 0.155. The van der Waals surface area contributed by atoms with Gasteiger partial charge in [-0.3, -0.25) is 4.79 Å². The lowest BCUT2D eigenvalue weighted by Gasteiger charge is -2.11. The number of anilines is 1. The number of halogens is 3. The second-order valence-corrected chi connectivity index (χ2v) is 7.04. The van der Waals surface area contributed by atoms with Crippen molar-refractivity contribution in [3.63, 3.8) is 0 Å². The molecule has 2 aromatic rings. The quantitative estimate of drug-likeness (QED) is 0.445. The molecule has 0 aliphatic heterocycles. The van der Waals surface area contributed by atoms with Gasteiger partial charge in [0.15, 0.2) is 11.7 Å². The summed E-state index contributed by atoms with van der Waals surface area (Å²) in [6, 6.07) is 7.59. The molecule has 0 aliphatic carbocycles. The Kier molecular flexibility index (Phi) is 8.44. The Labute approximate surface area is 171 Å². The predicted molar refractivity (Wildman–Crippen MR) is 109 cm³/mol. The molecule has 0 spiro atoms. The minimum atomic E-state index is -4.43. The van der Waals surface area contributed by atoms with Crippen LogP contribution in [0, 0.1) is 0 Å². The fourth-order valence-corrected chi connectivity index (χ4v) is 3.21. The Balaban J connectivity index is 1.85. The van der Waals surface area contributed by atoms with Crippen LogP contribution in [0.25, 0.3) is 0 Å². The molecule has 0 unspecified atom stereocenters. The van der Waals surface area contributed by atoms with Crippen molar-refractivity contribution in [3.05, 3.63) is 45.9 Å². The van der Waals surface area contributed by atoms with Gasteiger partial charge in [-0.05, 0) is 31.0 Å². The minimum Gasteiger partial charge on any atom is -0.357 e. The standard InChI is InChI=1S/C19H24F3N5OS/c1-3-13-6-5-7-14(10-13)26-16(28)11-25-18(23-4-2)24-9-8-17-27-15(12-29-17)19(20,21)22/h5-7,10,12H,3-4,8-9,11H2,1-2H3,(H,26,28)(H2,23,24,25). The molecule has 1 amide bonds. The molecule has 2 rings (SSSR count). The van der Waals surface area contributed by atoms with Gasteiger partial charge in [-0.2, -0.15) is 13.2 Å². The van der Waals surface area contributed by atoms with E-state index in [0.29, 0.717) is 36.2 Å². The average molecular weight is 427 g/mol. The van der Waals surface area contributed by atoms with Crippen molar-refractivity contribution >= 4 is 28.9 Å². The van der Waals surface area contributed by atoms with Crippen molar-refractivity contribution in [2.75, 3.05) is 25.0 Å². The minimum absolute atomic E-state index is 0.0822. The van der Waals surface area contributed by atoms with Gasteiger partial charge in [0.25, 0.3) is 0 Å². The van der Waals surface area contributed by atoms with E-state index in [0.717, 1.165) is 28.7 Å². The third-order valence-electron chi connectivity index (χ3n) is 3.82. The molecular weight excluding hydrogens is 403 g/mol. The van der Waals surface area contributed by atoms with Gasteiger partial charge in [0.05, 0.1) is 5.01 Å². The lowest BCUT2D eigenvalue weighted by Crippen LogP contribution is -2.39. The Bertz CT molecular complexity index is 835. The molecule has 29 heavy (non-hydrogen) atoms. The summed E-state index contributed by atoms with van der Waals surface area (Å²) in [5.41, 5.74) is 0.964. The number of aromatic nitrogens is 1. The topological polar surface area (TPSA) is 78.4 Å². The lowest BCUT2D eigenvalue weighted by atomic mass is 10.1. The first kappa shape index (κ1) is 22.7. The number of amides is 1. The zero-order valence-electron chi connectivity index (χ0n) is 16.3. The zero-order valence-corrected chi connectivity index (χ0v) is 17.1. The fraction of sp³-hybridized carbons (Fsp3) is 0.421. The van der Waals surface area contributed by atoms with Gasteiger partial charge in [0, 0.05) is 30.6 Å². The molecule has 0 saturated carbocycles. The van der Waals surface area contributed by atoms with Crippen LogP contribution >= 0.6 is 11.3 Å². The summed E-state index contributed by atoms with van der Waals surface area (Å²) < 4.78 is 37.8. The first-order valence-corrected chi connectivity index (χ1v) is 10.1. The average Bonchev–Trinajstić information content (AvgIpc) is 3.15. The van der Waals surface area contributed by atoms with Crippen molar-refractivity contribution < 1.29 is 18.0 Å². The lowest BCUT2D eigenvalue weighted by molar-refractivity contribution is -0.140. The van der Waals surface area contributed by atoms with Crippen LogP contribution in [-0.4, -0.2) is 36.5 Å². The number of thiazole rings is 1. The van der Waals surface area contributed by atoms with E-state index >= 15 is 0 Å². The highest BCUT2D eigenvalue weighted by Crippen LogP contribution is 2.29. The van der Waals surface area contributed by atoms with Gasteiger partial charge >= 0.3 is 6.18 Å². The van der Waals surface area contributed by atoms with Gasteiger partial charge in [0.1, 0.15) is 6.54 Å². The van der Waals surface area contributed by atoms with Gasteiger partial charge < -0.3 is 16.0 Å². The van der Waals surface area contributed by atoms with E-state index in [2.05, 4.69) is 25.9 Å². The number of carbonyl (C=O) groups excluding carboxylic acids is 1. The second kappa shape index (κ2) is 10.8. The van der Waals surface area contributed by atoms with Gasteiger partial charge in [-0.1, -0.05) is 19.1 Å². The van der Waals surface area contributed by atoms with E-state index in [9.17, 15) is 18.0 Å². The van der Waals surface area contributed by atoms with Crippen LogP contribution in [0.4, 0.5) is 18.9 Å². The summed E-state index contributed by atoms with van der Waals surface area (Å²) in [6.07, 6.45) is -3.23. The van der Waals surface area contributed by atoms with Crippen molar-refractivity contribution in [3.8, 4) is 0 Å². The maximum Gasteiger partial charge on any atom is 0.434 e. The number of nitrogens with zero attached hydrogens (tertiary/aromatic N) is 2. The number of aliphatic imine (C=N–C) groups is 1. The largest absolute Gasteiger partial charge is 0.434 e. The number of aryl methyl sites for hydroxylation is 1. The smallest absolute Gasteiger partial charge is 0.357 e. The van der Waals surface area contributed by atoms with Crippen LogP contribution in [0.15, 0.2) is 34.6 Å². The van der Waals surface area contributed by atoms with E-state index in [1.807, 2.05) is 38.1 Å². The van der Waals surface area contributed by atoms with E-state index in [1.54, 1.807) is 0 Å². The normalized spacial score (nSPS) is 12.0. The number of hydrogen-bond acceptors (Lipinski definition) is 4. The SMILES string of the molecule is CCNC(=NCC(=O)Nc1cccc(CC)c1)NCCc1nc(C(F)(F)F)cs1. The van der Waals surface area contributed by atoms with E-state index in [-0.39, 0.29) is 12.5 Å². The summed E-state index contributed by atoms with van der Waals surface area (Å²) in [4.78, 5) is 19.9. The molecule has 0 fully saturated rings. The van der Waals surface area contributed by atoms with Crippen LogP contribution in [0.5, 0.6) is 0 Å². The summed E-state index contributed by atoms with van der Waals surface area (Å²) in [7, 11) is 0. The first-order valence-electron chi connectivity index (χ1n) is 9.24. The number of benzene rings is 1. The number of rotatable bonds is 8. The van der Waals surface area contributed by atoms with Crippen LogP contribution in [0.3, 0.4) is 0 Å². The molecule has 1 aromatic carbocycles. The van der Waals surface area contributed by atoms with E-state index < -0.39 is 11.9 Å². The van der Waals surface area contributed by atoms with E-state index in [4.69, 9.17) is 0 Å². The molecule has 6 nitrogen and oxygen atoms in total. The molecular formula is C19H24F3N5OS. The van der Waals surface area contributed by atoms with Crippen molar-refractivity contribution in [1.29, 1.82) is 0 Å². The van der Waals surface area contributed by atoms with Crippen LogP contribution in [-0.2, 0) is 23.8 Å². The molecule has 0 bridgehead atoms. The third-order valence-corrected chi connectivity index (χ3v) is 4.73. The second-order valence-electron chi connectivity index (χ2n) is 6.10.